The number of likely N-dealkylation sites (tertiary alicyclic amines) is 1. The zero-order valence-electron chi connectivity index (χ0n) is 20.6. The van der Waals surface area contributed by atoms with Gasteiger partial charge in [-0.15, -0.1) is 0 Å². The van der Waals surface area contributed by atoms with Gasteiger partial charge in [0.1, 0.15) is 6.33 Å². The van der Waals surface area contributed by atoms with Gasteiger partial charge >= 0.3 is 0 Å². The second-order valence-electron chi connectivity index (χ2n) is 9.90. The van der Waals surface area contributed by atoms with Crippen LogP contribution in [0, 0.1) is 0 Å². The number of aromatic nitrogens is 4. The predicted octanol–water partition coefficient (Wildman–Crippen LogP) is 2.13. The van der Waals surface area contributed by atoms with Gasteiger partial charge in [0.15, 0.2) is 17.0 Å². The SMILES string of the molecule is CC(C)n1c(N2CCC(N3CCOCC3)CC2)nc2c(NCCCN3CCCC3=O)ncnc21. The summed E-state index contributed by atoms with van der Waals surface area (Å²) >= 11 is 0. The molecular formula is C24H38N8O2. The van der Waals surface area contributed by atoms with Crippen LogP contribution >= 0.6 is 0 Å². The number of nitrogens with zero attached hydrogens (tertiary/aromatic N) is 7. The number of carbonyl (C=O) groups excluding carboxylic acids is 1. The highest BCUT2D eigenvalue weighted by molar-refractivity contribution is 5.85. The van der Waals surface area contributed by atoms with E-state index in [1.165, 1.54) is 0 Å². The lowest BCUT2D eigenvalue weighted by atomic mass is 10.0. The topological polar surface area (TPSA) is 91.7 Å². The molecule has 3 aliphatic heterocycles. The maximum absolute atomic E-state index is 11.8. The largest absolute Gasteiger partial charge is 0.379 e. The van der Waals surface area contributed by atoms with Crippen molar-refractivity contribution in [3.63, 3.8) is 0 Å². The second kappa shape index (κ2) is 10.4. The maximum Gasteiger partial charge on any atom is 0.222 e. The lowest BCUT2D eigenvalue weighted by Crippen LogP contribution is -2.49. The highest BCUT2D eigenvalue weighted by Gasteiger charge is 2.29. The van der Waals surface area contributed by atoms with Gasteiger partial charge in [-0.05, 0) is 39.5 Å². The summed E-state index contributed by atoms with van der Waals surface area (Å²) in [6.45, 7) is 12.6. The van der Waals surface area contributed by atoms with Crippen molar-refractivity contribution in [2.75, 3.05) is 69.2 Å². The maximum atomic E-state index is 11.8. The highest BCUT2D eigenvalue weighted by Crippen LogP contribution is 2.31. The Labute approximate surface area is 201 Å². The van der Waals surface area contributed by atoms with E-state index in [0.29, 0.717) is 12.5 Å². The Balaban J connectivity index is 1.27. The fourth-order valence-corrected chi connectivity index (χ4v) is 5.52. The van der Waals surface area contributed by atoms with Gasteiger partial charge in [0, 0.05) is 64.3 Å². The summed E-state index contributed by atoms with van der Waals surface area (Å²) in [6, 6.07) is 0.887. The lowest BCUT2D eigenvalue weighted by Gasteiger charge is -2.40. The quantitative estimate of drug-likeness (QED) is 0.587. The van der Waals surface area contributed by atoms with Crippen LogP contribution in [0.5, 0.6) is 0 Å². The Kier molecular flexibility index (Phi) is 7.15. The third-order valence-corrected chi connectivity index (χ3v) is 7.35. The Morgan fingerprint density at radius 3 is 2.62 bits per heavy atom. The Morgan fingerprint density at radius 2 is 1.91 bits per heavy atom. The number of fused-ring (bicyclic) bond motifs is 1. The van der Waals surface area contributed by atoms with Crippen LogP contribution in [0.3, 0.4) is 0 Å². The number of anilines is 2. The minimum absolute atomic E-state index is 0.251. The first kappa shape index (κ1) is 23.3. The molecule has 0 atom stereocenters. The van der Waals surface area contributed by atoms with Gasteiger partial charge < -0.3 is 19.9 Å². The molecule has 2 aromatic heterocycles. The molecule has 10 nitrogen and oxygen atoms in total. The second-order valence-corrected chi connectivity index (χ2v) is 9.90. The summed E-state index contributed by atoms with van der Waals surface area (Å²) in [4.78, 5) is 33.0. The minimum atomic E-state index is 0.251. The zero-order valence-corrected chi connectivity index (χ0v) is 20.6. The van der Waals surface area contributed by atoms with Crippen molar-refractivity contribution in [3.05, 3.63) is 6.33 Å². The van der Waals surface area contributed by atoms with Crippen LogP contribution in [0.2, 0.25) is 0 Å². The van der Waals surface area contributed by atoms with Crippen LogP contribution in [0.25, 0.3) is 11.2 Å². The van der Waals surface area contributed by atoms with Crippen molar-refractivity contribution < 1.29 is 9.53 Å². The third kappa shape index (κ3) is 4.84. The van der Waals surface area contributed by atoms with Crippen LogP contribution in [0.15, 0.2) is 6.33 Å². The molecule has 2 aromatic rings. The molecule has 0 unspecified atom stereocenters. The average molecular weight is 471 g/mol. The van der Waals surface area contributed by atoms with Gasteiger partial charge in [-0.2, -0.15) is 0 Å². The van der Waals surface area contributed by atoms with E-state index >= 15 is 0 Å². The number of hydrogen-bond donors (Lipinski definition) is 1. The molecule has 186 valence electrons. The fraction of sp³-hybridized carbons (Fsp3) is 0.750. The number of morpholine rings is 1. The summed E-state index contributed by atoms with van der Waals surface area (Å²) in [5.74, 6) is 2.06. The molecule has 0 radical (unpaired) electrons. The normalized spacial score (nSPS) is 20.7. The van der Waals surface area contributed by atoms with Gasteiger partial charge in [-0.3, -0.25) is 14.3 Å². The first-order valence-corrected chi connectivity index (χ1v) is 12.9. The third-order valence-electron chi connectivity index (χ3n) is 7.35. The standard InChI is InChI=1S/C24H38N8O2/c1-18(2)32-23-21(22(26-17-27-23)25-8-4-10-30-9-3-5-20(30)33)28-24(32)31-11-6-19(7-12-31)29-13-15-34-16-14-29/h17-19H,3-16H2,1-2H3,(H,25,26,27). The van der Waals surface area contributed by atoms with Crippen LogP contribution in [-0.4, -0.2) is 100 Å². The molecule has 0 spiro atoms. The molecule has 3 fully saturated rings. The van der Waals surface area contributed by atoms with E-state index in [1.807, 2.05) is 4.90 Å². The molecule has 10 heteroatoms. The molecule has 0 saturated carbocycles. The Hall–Kier alpha value is -2.46. The molecule has 1 N–H and O–H groups in total. The van der Waals surface area contributed by atoms with Gasteiger partial charge in [-0.1, -0.05) is 0 Å². The van der Waals surface area contributed by atoms with Crippen LogP contribution in [0.1, 0.15) is 52.0 Å². The molecule has 3 aliphatic rings. The molecule has 3 saturated heterocycles. The lowest BCUT2D eigenvalue weighted by molar-refractivity contribution is -0.127. The van der Waals surface area contributed by atoms with Crippen LogP contribution in [0.4, 0.5) is 11.8 Å². The summed E-state index contributed by atoms with van der Waals surface area (Å²) in [5.41, 5.74) is 1.71. The van der Waals surface area contributed by atoms with E-state index in [9.17, 15) is 4.79 Å². The number of imidazole rings is 1. The van der Waals surface area contributed by atoms with Gasteiger partial charge in [-0.25, -0.2) is 15.0 Å². The van der Waals surface area contributed by atoms with Crippen molar-refractivity contribution >= 4 is 28.8 Å². The molecular weight excluding hydrogens is 432 g/mol. The molecule has 0 bridgehead atoms. The monoisotopic (exact) mass is 470 g/mol. The molecule has 5 rings (SSSR count). The Morgan fingerprint density at radius 1 is 1.12 bits per heavy atom. The zero-order chi connectivity index (χ0) is 23.5. The van der Waals surface area contributed by atoms with E-state index in [-0.39, 0.29) is 11.9 Å². The summed E-state index contributed by atoms with van der Waals surface area (Å²) in [7, 11) is 0. The fourth-order valence-electron chi connectivity index (χ4n) is 5.52. The first-order valence-electron chi connectivity index (χ1n) is 12.9. The highest BCUT2D eigenvalue weighted by atomic mass is 16.5. The molecule has 34 heavy (non-hydrogen) atoms. The van der Waals surface area contributed by atoms with E-state index in [2.05, 4.69) is 43.5 Å². The summed E-state index contributed by atoms with van der Waals surface area (Å²) in [6.07, 6.45) is 6.49. The summed E-state index contributed by atoms with van der Waals surface area (Å²) < 4.78 is 7.78. The average Bonchev–Trinajstić information content (AvgIpc) is 3.46. The van der Waals surface area contributed by atoms with E-state index < -0.39 is 0 Å². The van der Waals surface area contributed by atoms with Gasteiger partial charge in [0.25, 0.3) is 0 Å². The Bertz CT molecular complexity index is 979. The number of hydrogen-bond acceptors (Lipinski definition) is 8. The van der Waals surface area contributed by atoms with E-state index in [1.54, 1.807) is 6.33 Å². The minimum Gasteiger partial charge on any atom is -0.379 e. The summed E-state index contributed by atoms with van der Waals surface area (Å²) in [5, 5.41) is 3.46. The van der Waals surface area contributed by atoms with Gasteiger partial charge in [0.05, 0.1) is 13.2 Å². The van der Waals surface area contributed by atoms with E-state index in [4.69, 9.17) is 9.72 Å². The smallest absolute Gasteiger partial charge is 0.222 e. The number of carbonyl (C=O) groups is 1. The van der Waals surface area contributed by atoms with Crippen molar-refractivity contribution in [1.29, 1.82) is 0 Å². The van der Waals surface area contributed by atoms with Crippen LogP contribution in [-0.2, 0) is 9.53 Å². The van der Waals surface area contributed by atoms with Crippen molar-refractivity contribution in [1.82, 2.24) is 29.3 Å². The number of ether oxygens (including phenoxy) is 1. The molecule has 1 amide bonds. The number of nitrogens with one attached hydrogen (secondary N) is 1. The predicted molar refractivity (Wildman–Crippen MR) is 132 cm³/mol. The number of rotatable bonds is 8. The van der Waals surface area contributed by atoms with E-state index in [0.717, 1.165) is 108 Å². The van der Waals surface area contributed by atoms with Crippen molar-refractivity contribution in [2.45, 2.75) is 58.0 Å². The van der Waals surface area contributed by atoms with Gasteiger partial charge in [0.2, 0.25) is 11.9 Å². The van der Waals surface area contributed by atoms with Crippen molar-refractivity contribution in [3.8, 4) is 0 Å². The number of amides is 1. The molecule has 0 aliphatic carbocycles. The molecule has 0 aromatic carbocycles. The molecule has 5 heterocycles. The van der Waals surface area contributed by atoms with Crippen LogP contribution < -0.4 is 10.2 Å². The number of piperidine rings is 1. The first-order chi connectivity index (χ1) is 16.6. The van der Waals surface area contributed by atoms with Crippen molar-refractivity contribution in [2.24, 2.45) is 0 Å².